The second-order valence-corrected chi connectivity index (χ2v) is 5.37. The van der Waals surface area contributed by atoms with Crippen molar-refractivity contribution in [2.24, 2.45) is 0 Å². The van der Waals surface area contributed by atoms with Gasteiger partial charge in [0.25, 0.3) is 0 Å². The van der Waals surface area contributed by atoms with Crippen LogP contribution in [0.4, 0.5) is 0 Å². The van der Waals surface area contributed by atoms with E-state index >= 15 is 0 Å². The molecular weight excluding hydrogens is 252 g/mol. The second kappa shape index (κ2) is 7.31. The van der Waals surface area contributed by atoms with Gasteiger partial charge in [0.05, 0.1) is 18.8 Å². The fourth-order valence-electron chi connectivity index (χ4n) is 2.70. The number of nitrogens with one attached hydrogen (secondary N) is 1. The fraction of sp³-hybridized carbons (Fsp3) is 0.923. The lowest BCUT2D eigenvalue weighted by Crippen LogP contribution is -2.50. The Hall–Kier alpha value is -0.320. The summed E-state index contributed by atoms with van der Waals surface area (Å²) in [6.45, 7) is 6.64. The van der Waals surface area contributed by atoms with Gasteiger partial charge in [0, 0.05) is 19.0 Å². The van der Waals surface area contributed by atoms with Gasteiger partial charge in [0.2, 0.25) is 5.91 Å². The monoisotopic (exact) mass is 276 g/mol. The van der Waals surface area contributed by atoms with Crippen LogP contribution in [0.25, 0.3) is 0 Å². The third-order valence-corrected chi connectivity index (χ3v) is 3.80. The average molecular weight is 277 g/mol. The number of amides is 1. The number of halogens is 1. The number of hydrogen-bond acceptors (Lipinski definition) is 3. The molecule has 0 aliphatic carbocycles. The van der Waals surface area contributed by atoms with Gasteiger partial charge in [-0.1, -0.05) is 0 Å². The van der Waals surface area contributed by atoms with Gasteiger partial charge in [-0.15, -0.1) is 12.4 Å². The molecule has 0 saturated carbocycles. The van der Waals surface area contributed by atoms with E-state index in [0.717, 1.165) is 19.5 Å². The Morgan fingerprint density at radius 2 is 2.22 bits per heavy atom. The summed E-state index contributed by atoms with van der Waals surface area (Å²) in [4.78, 5) is 14.1. The van der Waals surface area contributed by atoms with Crippen LogP contribution in [0.1, 0.15) is 39.5 Å². The summed E-state index contributed by atoms with van der Waals surface area (Å²) in [5, 5.41) is 3.44. The predicted octanol–water partition coefficient (Wildman–Crippen LogP) is 1.58. The zero-order chi connectivity index (χ0) is 12.3. The predicted molar refractivity (Wildman–Crippen MR) is 74.1 cm³/mol. The van der Waals surface area contributed by atoms with Crippen molar-refractivity contribution in [3.63, 3.8) is 0 Å². The standard InChI is InChI=1S/C13H24N2O2.ClH/c1-10-9-17-11(2)8-15(10)13(16)6-5-12-4-3-7-14-12;/h10-12,14H,3-9H2,1-2H3;1H. The summed E-state index contributed by atoms with van der Waals surface area (Å²) >= 11 is 0. The molecule has 18 heavy (non-hydrogen) atoms. The number of ether oxygens (including phenoxy) is 1. The molecule has 2 saturated heterocycles. The summed E-state index contributed by atoms with van der Waals surface area (Å²) in [5.41, 5.74) is 0. The van der Waals surface area contributed by atoms with Crippen LogP contribution in [0.15, 0.2) is 0 Å². The summed E-state index contributed by atoms with van der Waals surface area (Å²) in [6, 6.07) is 0.794. The minimum atomic E-state index is 0. The minimum absolute atomic E-state index is 0. The van der Waals surface area contributed by atoms with E-state index in [0.29, 0.717) is 25.0 Å². The van der Waals surface area contributed by atoms with E-state index in [1.54, 1.807) is 0 Å². The maximum atomic E-state index is 12.2. The zero-order valence-electron chi connectivity index (χ0n) is 11.4. The Balaban J connectivity index is 0.00000162. The van der Waals surface area contributed by atoms with E-state index in [-0.39, 0.29) is 24.6 Å². The molecule has 2 heterocycles. The molecule has 0 bridgehead atoms. The van der Waals surface area contributed by atoms with Gasteiger partial charge in [-0.05, 0) is 39.7 Å². The van der Waals surface area contributed by atoms with Crippen molar-refractivity contribution in [1.29, 1.82) is 0 Å². The van der Waals surface area contributed by atoms with Crippen molar-refractivity contribution in [2.75, 3.05) is 19.7 Å². The topological polar surface area (TPSA) is 41.6 Å². The first-order chi connectivity index (χ1) is 8.16. The van der Waals surface area contributed by atoms with Crippen molar-refractivity contribution < 1.29 is 9.53 Å². The fourth-order valence-corrected chi connectivity index (χ4v) is 2.70. The SMILES string of the molecule is CC1CN(C(=O)CCC2CCCN2)C(C)CO1.Cl. The largest absolute Gasteiger partial charge is 0.375 e. The van der Waals surface area contributed by atoms with Crippen molar-refractivity contribution in [3.8, 4) is 0 Å². The van der Waals surface area contributed by atoms with Crippen LogP contribution in [0.3, 0.4) is 0 Å². The minimum Gasteiger partial charge on any atom is -0.375 e. The summed E-state index contributed by atoms with van der Waals surface area (Å²) in [7, 11) is 0. The Labute approximate surface area is 116 Å². The maximum absolute atomic E-state index is 12.2. The third kappa shape index (κ3) is 4.11. The van der Waals surface area contributed by atoms with Gasteiger partial charge in [-0.25, -0.2) is 0 Å². The Morgan fingerprint density at radius 3 is 2.89 bits per heavy atom. The summed E-state index contributed by atoms with van der Waals surface area (Å²) < 4.78 is 5.54. The highest BCUT2D eigenvalue weighted by Gasteiger charge is 2.27. The summed E-state index contributed by atoms with van der Waals surface area (Å²) in [5.74, 6) is 0.293. The van der Waals surface area contributed by atoms with E-state index in [1.165, 1.54) is 12.8 Å². The van der Waals surface area contributed by atoms with Crippen LogP contribution < -0.4 is 5.32 Å². The highest BCUT2D eigenvalue weighted by molar-refractivity contribution is 5.85. The van der Waals surface area contributed by atoms with Gasteiger partial charge in [-0.3, -0.25) is 4.79 Å². The van der Waals surface area contributed by atoms with Gasteiger partial charge in [0.1, 0.15) is 0 Å². The molecule has 5 heteroatoms. The van der Waals surface area contributed by atoms with Crippen LogP contribution in [-0.2, 0) is 9.53 Å². The molecule has 106 valence electrons. The molecule has 0 aromatic carbocycles. The molecule has 1 amide bonds. The number of carbonyl (C=O) groups is 1. The van der Waals surface area contributed by atoms with Crippen LogP contribution in [0, 0.1) is 0 Å². The molecule has 2 rings (SSSR count). The maximum Gasteiger partial charge on any atom is 0.223 e. The van der Waals surface area contributed by atoms with Crippen molar-refractivity contribution in [3.05, 3.63) is 0 Å². The van der Waals surface area contributed by atoms with Crippen molar-refractivity contribution in [2.45, 2.75) is 57.7 Å². The number of morpholine rings is 1. The average Bonchev–Trinajstić information content (AvgIpc) is 2.82. The quantitative estimate of drug-likeness (QED) is 0.851. The molecule has 2 fully saturated rings. The lowest BCUT2D eigenvalue weighted by atomic mass is 10.1. The van der Waals surface area contributed by atoms with Gasteiger partial charge >= 0.3 is 0 Å². The summed E-state index contributed by atoms with van der Waals surface area (Å²) in [6.07, 6.45) is 4.32. The number of hydrogen-bond donors (Lipinski definition) is 1. The van der Waals surface area contributed by atoms with Crippen LogP contribution in [0.2, 0.25) is 0 Å². The Bertz CT molecular complexity index is 270. The van der Waals surface area contributed by atoms with Crippen LogP contribution >= 0.6 is 12.4 Å². The van der Waals surface area contributed by atoms with E-state index < -0.39 is 0 Å². The molecular formula is C13H25ClN2O2. The van der Waals surface area contributed by atoms with Gasteiger partial charge < -0.3 is 15.0 Å². The molecule has 3 unspecified atom stereocenters. The second-order valence-electron chi connectivity index (χ2n) is 5.37. The van der Waals surface area contributed by atoms with E-state index in [4.69, 9.17) is 4.74 Å². The molecule has 3 atom stereocenters. The third-order valence-electron chi connectivity index (χ3n) is 3.80. The molecule has 0 aromatic heterocycles. The zero-order valence-corrected chi connectivity index (χ0v) is 12.2. The molecule has 2 aliphatic heterocycles. The highest BCUT2D eigenvalue weighted by Crippen LogP contribution is 2.16. The number of carbonyl (C=O) groups excluding carboxylic acids is 1. The smallest absolute Gasteiger partial charge is 0.223 e. The molecule has 0 aromatic rings. The Morgan fingerprint density at radius 1 is 1.44 bits per heavy atom. The molecule has 1 N–H and O–H groups in total. The molecule has 0 radical (unpaired) electrons. The van der Waals surface area contributed by atoms with Crippen molar-refractivity contribution in [1.82, 2.24) is 10.2 Å². The molecule has 4 nitrogen and oxygen atoms in total. The van der Waals surface area contributed by atoms with Crippen LogP contribution in [0.5, 0.6) is 0 Å². The first kappa shape index (κ1) is 15.7. The first-order valence-corrected chi connectivity index (χ1v) is 6.81. The molecule has 2 aliphatic rings. The Kier molecular flexibility index (Phi) is 6.39. The first-order valence-electron chi connectivity index (χ1n) is 6.81. The normalized spacial score (nSPS) is 32.1. The van der Waals surface area contributed by atoms with Crippen molar-refractivity contribution >= 4 is 18.3 Å². The number of nitrogens with zero attached hydrogens (tertiary/aromatic N) is 1. The van der Waals surface area contributed by atoms with E-state index in [9.17, 15) is 4.79 Å². The van der Waals surface area contributed by atoms with E-state index in [1.807, 2.05) is 11.8 Å². The van der Waals surface area contributed by atoms with Gasteiger partial charge in [-0.2, -0.15) is 0 Å². The lowest BCUT2D eigenvalue weighted by molar-refractivity contribution is -0.143. The van der Waals surface area contributed by atoms with E-state index in [2.05, 4.69) is 12.2 Å². The van der Waals surface area contributed by atoms with Crippen LogP contribution in [-0.4, -0.2) is 48.7 Å². The molecule has 0 spiro atoms. The lowest BCUT2D eigenvalue weighted by Gasteiger charge is -2.37. The van der Waals surface area contributed by atoms with Gasteiger partial charge in [0.15, 0.2) is 0 Å². The number of rotatable bonds is 3. The highest BCUT2D eigenvalue weighted by atomic mass is 35.5.